The van der Waals surface area contributed by atoms with E-state index in [4.69, 9.17) is 9.84 Å². The molecule has 4 heteroatoms. The minimum Gasteiger partial charge on any atom is -0.508 e. The van der Waals surface area contributed by atoms with Gasteiger partial charge < -0.3 is 9.84 Å². The van der Waals surface area contributed by atoms with Gasteiger partial charge in [0.1, 0.15) is 18.1 Å². The first-order valence-corrected chi connectivity index (χ1v) is 6.01. The van der Waals surface area contributed by atoms with Gasteiger partial charge in [0, 0.05) is 5.38 Å². The highest BCUT2D eigenvalue weighted by atomic mass is 32.1. The summed E-state index contributed by atoms with van der Waals surface area (Å²) in [5.74, 6) is 0.984. The Labute approximate surface area is 98.4 Å². The summed E-state index contributed by atoms with van der Waals surface area (Å²) in [7, 11) is 0. The molecule has 2 rings (SSSR count). The summed E-state index contributed by atoms with van der Waals surface area (Å²) < 4.78 is 5.54. The molecule has 0 unspecified atom stereocenters. The van der Waals surface area contributed by atoms with Gasteiger partial charge in [-0.2, -0.15) is 0 Å². The molecule has 3 nitrogen and oxygen atoms in total. The molecule has 0 amide bonds. The zero-order chi connectivity index (χ0) is 11.4. The summed E-state index contributed by atoms with van der Waals surface area (Å²) in [6.45, 7) is 2.56. The number of hydrogen-bond donors (Lipinski definition) is 1. The van der Waals surface area contributed by atoms with Gasteiger partial charge in [0.05, 0.1) is 10.7 Å². The summed E-state index contributed by atoms with van der Waals surface area (Å²) in [6, 6.07) is 6.69. The highest BCUT2D eigenvalue weighted by Crippen LogP contribution is 2.18. The third kappa shape index (κ3) is 2.73. The fourth-order valence-corrected chi connectivity index (χ4v) is 2.01. The number of rotatable bonds is 4. The van der Waals surface area contributed by atoms with Crippen molar-refractivity contribution in [2.75, 3.05) is 0 Å². The van der Waals surface area contributed by atoms with Crippen molar-refractivity contribution in [3.8, 4) is 11.5 Å². The largest absolute Gasteiger partial charge is 0.508 e. The summed E-state index contributed by atoms with van der Waals surface area (Å²) >= 11 is 1.66. The van der Waals surface area contributed by atoms with E-state index >= 15 is 0 Å². The van der Waals surface area contributed by atoms with E-state index in [1.165, 1.54) is 0 Å². The Hall–Kier alpha value is -1.55. The predicted molar refractivity (Wildman–Crippen MR) is 63.9 cm³/mol. The lowest BCUT2D eigenvalue weighted by Crippen LogP contribution is -1.95. The molecule has 1 N–H and O–H groups in total. The Morgan fingerprint density at radius 3 is 2.69 bits per heavy atom. The second-order valence-electron chi connectivity index (χ2n) is 3.37. The lowest BCUT2D eigenvalue weighted by atomic mass is 10.3. The molecule has 16 heavy (non-hydrogen) atoms. The molecule has 0 aliphatic carbocycles. The predicted octanol–water partition coefficient (Wildman–Crippen LogP) is 2.99. The van der Waals surface area contributed by atoms with Crippen LogP contribution in [0.1, 0.15) is 17.6 Å². The molecule has 1 heterocycles. The number of phenols is 1. The molecule has 0 bridgehead atoms. The van der Waals surface area contributed by atoms with E-state index in [1.807, 2.05) is 5.38 Å². The fraction of sp³-hybridized carbons (Fsp3) is 0.250. The number of ether oxygens (including phenoxy) is 1. The van der Waals surface area contributed by atoms with Gasteiger partial charge >= 0.3 is 0 Å². The van der Waals surface area contributed by atoms with Gasteiger partial charge in [0.2, 0.25) is 0 Å². The molecular weight excluding hydrogens is 222 g/mol. The summed E-state index contributed by atoms with van der Waals surface area (Å²) in [6.07, 6.45) is 0.962. The average Bonchev–Trinajstić information content (AvgIpc) is 2.76. The average molecular weight is 235 g/mol. The number of thiazole rings is 1. The lowest BCUT2D eigenvalue weighted by Gasteiger charge is -2.03. The van der Waals surface area contributed by atoms with E-state index in [0.29, 0.717) is 6.61 Å². The Morgan fingerprint density at radius 2 is 2.06 bits per heavy atom. The van der Waals surface area contributed by atoms with Gasteiger partial charge in [-0.25, -0.2) is 4.98 Å². The molecule has 0 saturated carbocycles. The van der Waals surface area contributed by atoms with Crippen molar-refractivity contribution in [2.45, 2.75) is 20.0 Å². The molecule has 0 aliphatic heterocycles. The molecular formula is C12H13NO2S. The van der Waals surface area contributed by atoms with Crippen LogP contribution in [0.3, 0.4) is 0 Å². The van der Waals surface area contributed by atoms with E-state index in [0.717, 1.165) is 22.9 Å². The second kappa shape index (κ2) is 4.99. The molecule has 0 fully saturated rings. The van der Waals surface area contributed by atoms with Gasteiger partial charge in [-0.1, -0.05) is 6.92 Å². The van der Waals surface area contributed by atoms with Gasteiger partial charge in [-0.15, -0.1) is 11.3 Å². The standard InChI is InChI=1S/C12H13NO2S/c1-2-12-13-9(8-16-12)7-15-11-5-3-10(14)4-6-11/h3-6,8,14H,2,7H2,1H3. The Balaban J connectivity index is 1.94. The highest BCUT2D eigenvalue weighted by molar-refractivity contribution is 7.09. The van der Waals surface area contributed by atoms with Crippen LogP contribution in [0, 0.1) is 0 Å². The van der Waals surface area contributed by atoms with Crippen LogP contribution in [-0.2, 0) is 13.0 Å². The van der Waals surface area contributed by atoms with E-state index in [1.54, 1.807) is 35.6 Å². The molecule has 0 atom stereocenters. The zero-order valence-corrected chi connectivity index (χ0v) is 9.83. The van der Waals surface area contributed by atoms with E-state index in [-0.39, 0.29) is 5.75 Å². The number of aromatic hydroxyl groups is 1. The fourth-order valence-electron chi connectivity index (χ4n) is 1.28. The van der Waals surface area contributed by atoms with Crippen LogP contribution >= 0.6 is 11.3 Å². The SMILES string of the molecule is CCc1nc(COc2ccc(O)cc2)cs1. The van der Waals surface area contributed by atoms with Gasteiger partial charge in [-0.3, -0.25) is 0 Å². The van der Waals surface area contributed by atoms with Crippen molar-refractivity contribution in [1.82, 2.24) is 4.98 Å². The molecule has 84 valence electrons. The van der Waals surface area contributed by atoms with E-state index < -0.39 is 0 Å². The summed E-state index contributed by atoms with van der Waals surface area (Å²) in [5, 5.41) is 12.3. The Kier molecular flexibility index (Phi) is 3.41. The quantitative estimate of drug-likeness (QED) is 0.885. The van der Waals surface area contributed by atoms with Crippen LogP contribution in [0.5, 0.6) is 11.5 Å². The van der Waals surface area contributed by atoms with Crippen LogP contribution < -0.4 is 4.74 Å². The van der Waals surface area contributed by atoms with Crippen molar-refractivity contribution < 1.29 is 9.84 Å². The molecule has 0 radical (unpaired) electrons. The van der Waals surface area contributed by atoms with Crippen molar-refractivity contribution in [1.29, 1.82) is 0 Å². The maximum Gasteiger partial charge on any atom is 0.131 e. The van der Waals surface area contributed by atoms with Crippen LogP contribution in [0.25, 0.3) is 0 Å². The number of benzene rings is 1. The van der Waals surface area contributed by atoms with Crippen LogP contribution in [0.15, 0.2) is 29.6 Å². The number of aromatic nitrogens is 1. The van der Waals surface area contributed by atoms with Crippen LogP contribution in [0.2, 0.25) is 0 Å². The number of aryl methyl sites for hydroxylation is 1. The number of phenolic OH excluding ortho intramolecular Hbond substituents is 1. The zero-order valence-electron chi connectivity index (χ0n) is 9.01. The molecule has 2 aromatic rings. The van der Waals surface area contributed by atoms with E-state index in [2.05, 4.69) is 11.9 Å². The third-order valence-corrected chi connectivity index (χ3v) is 3.17. The Bertz CT molecular complexity index is 450. The molecule has 0 spiro atoms. The van der Waals surface area contributed by atoms with Gasteiger partial charge in [-0.05, 0) is 30.7 Å². The normalized spacial score (nSPS) is 10.3. The maximum absolute atomic E-state index is 9.11. The number of nitrogens with zero attached hydrogens (tertiary/aromatic N) is 1. The van der Waals surface area contributed by atoms with Crippen molar-refractivity contribution in [2.24, 2.45) is 0 Å². The first-order chi connectivity index (χ1) is 7.78. The van der Waals surface area contributed by atoms with Crippen LogP contribution in [0.4, 0.5) is 0 Å². The summed E-state index contributed by atoms with van der Waals surface area (Å²) in [5.41, 5.74) is 0.954. The topological polar surface area (TPSA) is 42.4 Å². The smallest absolute Gasteiger partial charge is 0.131 e. The number of hydrogen-bond acceptors (Lipinski definition) is 4. The lowest BCUT2D eigenvalue weighted by molar-refractivity contribution is 0.301. The second-order valence-corrected chi connectivity index (χ2v) is 4.31. The van der Waals surface area contributed by atoms with Crippen molar-refractivity contribution >= 4 is 11.3 Å². The maximum atomic E-state index is 9.11. The molecule has 0 saturated heterocycles. The monoisotopic (exact) mass is 235 g/mol. The van der Waals surface area contributed by atoms with Gasteiger partial charge in [0.25, 0.3) is 0 Å². The minimum absolute atomic E-state index is 0.245. The minimum atomic E-state index is 0.245. The van der Waals surface area contributed by atoms with Gasteiger partial charge in [0.15, 0.2) is 0 Å². The summed E-state index contributed by atoms with van der Waals surface area (Å²) in [4.78, 5) is 4.41. The van der Waals surface area contributed by atoms with Crippen LogP contribution in [-0.4, -0.2) is 10.1 Å². The molecule has 0 aliphatic rings. The highest BCUT2D eigenvalue weighted by Gasteiger charge is 2.01. The van der Waals surface area contributed by atoms with Crippen molar-refractivity contribution in [3.05, 3.63) is 40.3 Å². The van der Waals surface area contributed by atoms with Crippen molar-refractivity contribution in [3.63, 3.8) is 0 Å². The molecule has 1 aromatic carbocycles. The molecule has 1 aromatic heterocycles. The first kappa shape index (κ1) is 11.0. The third-order valence-electron chi connectivity index (χ3n) is 2.13. The Morgan fingerprint density at radius 1 is 1.31 bits per heavy atom. The first-order valence-electron chi connectivity index (χ1n) is 5.13. The van der Waals surface area contributed by atoms with E-state index in [9.17, 15) is 0 Å².